The Morgan fingerprint density at radius 3 is 2.29 bits per heavy atom. The molecule has 1 aromatic rings. The lowest BCUT2D eigenvalue weighted by Gasteiger charge is -2.43. The smallest absolute Gasteiger partial charge is 0.253 e. The van der Waals surface area contributed by atoms with E-state index < -0.39 is 0 Å². The number of halogens is 1. The SMILES string of the molecule is CCNC(=NCc1ccc(C(=O)N(C)C)cc1)NCC1(CC(C)C)CCC1.I. The highest BCUT2D eigenvalue weighted by Gasteiger charge is 2.37. The van der Waals surface area contributed by atoms with Crippen LogP contribution in [0, 0.1) is 11.3 Å². The molecule has 0 bridgehead atoms. The largest absolute Gasteiger partial charge is 0.357 e. The molecular weight excluding hydrogens is 463 g/mol. The zero-order chi connectivity index (χ0) is 19.9. The fourth-order valence-electron chi connectivity index (χ4n) is 3.79. The average Bonchev–Trinajstić information content (AvgIpc) is 2.60. The van der Waals surface area contributed by atoms with Gasteiger partial charge in [0.2, 0.25) is 0 Å². The number of guanidine groups is 1. The summed E-state index contributed by atoms with van der Waals surface area (Å²) >= 11 is 0. The minimum Gasteiger partial charge on any atom is -0.357 e. The molecule has 2 rings (SSSR count). The highest BCUT2D eigenvalue weighted by molar-refractivity contribution is 14.0. The minimum absolute atomic E-state index is 0. The zero-order valence-electron chi connectivity index (χ0n) is 18.0. The molecule has 0 spiro atoms. The van der Waals surface area contributed by atoms with Gasteiger partial charge in [-0.05, 0) is 55.2 Å². The van der Waals surface area contributed by atoms with Crippen LogP contribution >= 0.6 is 24.0 Å². The fourth-order valence-corrected chi connectivity index (χ4v) is 3.79. The lowest BCUT2D eigenvalue weighted by molar-refractivity contribution is 0.0827. The number of amides is 1. The van der Waals surface area contributed by atoms with Crippen molar-refractivity contribution < 1.29 is 4.79 Å². The van der Waals surface area contributed by atoms with E-state index in [2.05, 4.69) is 31.4 Å². The second kappa shape index (κ2) is 11.6. The molecule has 0 unspecified atom stereocenters. The summed E-state index contributed by atoms with van der Waals surface area (Å²) in [6.45, 7) is 9.15. The van der Waals surface area contributed by atoms with Crippen molar-refractivity contribution in [3.05, 3.63) is 35.4 Å². The molecule has 1 amide bonds. The Hall–Kier alpha value is -1.31. The van der Waals surface area contributed by atoms with Crippen molar-refractivity contribution in [1.82, 2.24) is 15.5 Å². The summed E-state index contributed by atoms with van der Waals surface area (Å²) in [6.07, 6.45) is 5.26. The van der Waals surface area contributed by atoms with Crippen LogP contribution in [0.3, 0.4) is 0 Å². The first-order chi connectivity index (χ1) is 12.8. The van der Waals surface area contributed by atoms with Gasteiger partial charge in [0.1, 0.15) is 0 Å². The minimum atomic E-state index is 0. The maximum Gasteiger partial charge on any atom is 0.253 e. The Morgan fingerprint density at radius 2 is 1.82 bits per heavy atom. The molecule has 1 fully saturated rings. The van der Waals surface area contributed by atoms with Crippen molar-refractivity contribution in [2.75, 3.05) is 27.2 Å². The molecule has 28 heavy (non-hydrogen) atoms. The number of aliphatic imine (C=N–C) groups is 1. The predicted molar refractivity (Wildman–Crippen MR) is 128 cm³/mol. The summed E-state index contributed by atoms with van der Waals surface area (Å²) in [7, 11) is 3.53. The molecule has 1 aliphatic carbocycles. The van der Waals surface area contributed by atoms with E-state index in [1.54, 1.807) is 19.0 Å². The second-order valence-corrected chi connectivity index (χ2v) is 8.40. The van der Waals surface area contributed by atoms with Crippen LogP contribution in [0.15, 0.2) is 29.3 Å². The van der Waals surface area contributed by atoms with Crippen molar-refractivity contribution in [1.29, 1.82) is 0 Å². The predicted octanol–water partition coefficient (Wildman–Crippen LogP) is 4.28. The van der Waals surface area contributed by atoms with Gasteiger partial charge in [0.15, 0.2) is 5.96 Å². The molecule has 0 atom stereocenters. The average molecular weight is 500 g/mol. The van der Waals surface area contributed by atoms with E-state index in [-0.39, 0.29) is 29.9 Å². The van der Waals surface area contributed by atoms with Crippen LogP contribution in [-0.4, -0.2) is 44.0 Å². The van der Waals surface area contributed by atoms with Gasteiger partial charge in [-0.2, -0.15) is 0 Å². The van der Waals surface area contributed by atoms with Crippen LogP contribution in [-0.2, 0) is 6.54 Å². The van der Waals surface area contributed by atoms with E-state index >= 15 is 0 Å². The van der Waals surface area contributed by atoms with Crippen LogP contribution in [0.5, 0.6) is 0 Å². The van der Waals surface area contributed by atoms with Crippen molar-refractivity contribution in [2.45, 2.75) is 53.0 Å². The first kappa shape index (κ1) is 24.7. The summed E-state index contributed by atoms with van der Waals surface area (Å²) in [4.78, 5) is 18.3. The summed E-state index contributed by atoms with van der Waals surface area (Å²) in [5.41, 5.74) is 2.25. The molecule has 158 valence electrons. The number of nitrogens with zero attached hydrogens (tertiary/aromatic N) is 2. The summed E-state index contributed by atoms with van der Waals surface area (Å²) in [5.74, 6) is 1.63. The van der Waals surface area contributed by atoms with Gasteiger partial charge < -0.3 is 15.5 Å². The maximum absolute atomic E-state index is 12.0. The highest BCUT2D eigenvalue weighted by Crippen LogP contribution is 2.45. The topological polar surface area (TPSA) is 56.7 Å². The van der Waals surface area contributed by atoms with Gasteiger partial charge in [-0.1, -0.05) is 32.4 Å². The molecule has 1 saturated carbocycles. The third-order valence-corrected chi connectivity index (χ3v) is 5.26. The summed E-state index contributed by atoms with van der Waals surface area (Å²) in [6, 6.07) is 7.71. The Kier molecular flexibility index (Phi) is 10.3. The van der Waals surface area contributed by atoms with Gasteiger partial charge in [-0.25, -0.2) is 4.99 Å². The van der Waals surface area contributed by atoms with Gasteiger partial charge in [0.05, 0.1) is 6.54 Å². The van der Waals surface area contributed by atoms with E-state index in [0.717, 1.165) is 30.5 Å². The van der Waals surface area contributed by atoms with E-state index in [1.807, 2.05) is 24.3 Å². The number of carbonyl (C=O) groups excluding carboxylic acids is 1. The first-order valence-corrected chi connectivity index (χ1v) is 10.2. The highest BCUT2D eigenvalue weighted by atomic mass is 127. The molecule has 0 aliphatic heterocycles. The van der Waals surface area contributed by atoms with E-state index in [4.69, 9.17) is 4.99 Å². The van der Waals surface area contributed by atoms with Crippen molar-refractivity contribution in [3.63, 3.8) is 0 Å². The number of hydrogen-bond donors (Lipinski definition) is 2. The quantitative estimate of drug-likeness (QED) is 0.318. The molecule has 2 N–H and O–H groups in total. The van der Waals surface area contributed by atoms with Gasteiger partial charge in [0, 0.05) is 32.7 Å². The van der Waals surface area contributed by atoms with Crippen molar-refractivity contribution in [3.8, 4) is 0 Å². The molecule has 1 aromatic carbocycles. The maximum atomic E-state index is 12.0. The molecule has 0 heterocycles. The van der Waals surface area contributed by atoms with E-state index in [1.165, 1.54) is 25.7 Å². The molecular formula is C22H37IN4O. The van der Waals surface area contributed by atoms with E-state index in [9.17, 15) is 4.79 Å². The lowest BCUT2D eigenvalue weighted by Crippen LogP contribution is -2.47. The molecule has 0 saturated heterocycles. The van der Waals surface area contributed by atoms with Crippen LogP contribution < -0.4 is 10.6 Å². The van der Waals surface area contributed by atoms with Gasteiger partial charge >= 0.3 is 0 Å². The molecule has 1 aliphatic rings. The Bertz CT molecular complexity index is 636. The third-order valence-electron chi connectivity index (χ3n) is 5.26. The number of rotatable bonds is 8. The zero-order valence-corrected chi connectivity index (χ0v) is 20.4. The second-order valence-electron chi connectivity index (χ2n) is 8.40. The van der Waals surface area contributed by atoms with Crippen LogP contribution in [0.2, 0.25) is 0 Å². The summed E-state index contributed by atoms with van der Waals surface area (Å²) < 4.78 is 0. The molecule has 0 radical (unpaired) electrons. The monoisotopic (exact) mass is 500 g/mol. The Labute approximate surface area is 187 Å². The number of hydrogen-bond acceptors (Lipinski definition) is 2. The molecule has 0 aromatic heterocycles. The van der Waals surface area contributed by atoms with Gasteiger partial charge in [0.25, 0.3) is 5.91 Å². The number of nitrogens with one attached hydrogen (secondary N) is 2. The van der Waals surface area contributed by atoms with Crippen LogP contribution in [0.1, 0.15) is 62.4 Å². The molecule has 6 heteroatoms. The number of benzene rings is 1. The molecule has 5 nitrogen and oxygen atoms in total. The third kappa shape index (κ3) is 7.26. The fraction of sp³-hybridized carbons (Fsp3) is 0.636. The van der Waals surface area contributed by atoms with Gasteiger partial charge in [-0.15, -0.1) is 24.0 Å². The Morgan fingerprint density at radius 1 is 1.18 bits per heavy atom. The van der Waals surface area contributed by atoms with Crippen molar-refractivity contribution >= 4 is 35.8 Å². The first-order valence-electron chi connectivity index (χ1n) is 10.2. The van der Waals surface area contributed by atoms with Crippen molar-refractivity contribution in [2.24, 2.45) is 16.3 Å². The summed E-state index contributed by atoms with van der Waals surface area (Å²) in [5, 5.41) is 6.91. The standard InChI is InChI=1S/C22H36N4O.HI/c1-6-23-21(25-16-22(12-7-13-22)14-17(2)3)24-15-18-8-10-19(11-9-18)20(27)26(4)5;/h8-11,17H,6-7,12-16H2,1-5H3,(H2,23,24,25);1H. The normalized spacial score (nSPS) is 15.4. The number of carbonyl (C=O) groups is 1. The van der Waals surface area contributed by atoms with Crippen LogP contribution in [0.25, 0.3) is 0 Å². The Balaban J connectivity index is 0.00000392. The van der Waals surface area contributed by atoms with Gasteiger partial charge in [-0.3, -0.25) is 4.79 Å². The lowest BCUT2D eigenvalue weighted by atomic mass is 9.64. The van der Waals surface area contributed by atoms with E-state index in [0.29, 0.717) is 17.5 Å². The van der Waals surface area contributed by atoms with Crippen LogP contribution in [0.4, 0.5) is 0 Å².